The molecule has 0 saturated carbocycles. The molecule has 1 spiro atoms. The van der Waals surface area contributed by atoms with E-state index < -0.39 is 5.41 Å². The van der Waals surface area contributed by atoms with E-state index in [1.54, 1.807) is 0 Å². The summed E-state index contributed by atoms with van der Waals surface area (Å²) in [6, 6.07) is 70.2. The van der Waals surface area contributed by atoms with Crippen LogP contribution in [0, 0.1) is 0 Å². The van der Waals surface area contributed by atoms with Gasteiger partial charge in [0.05, 0.1) is 17.7 Å². The molecule has 298 valence electrons. The van der Waals surface area contributed by atoms with Crippen molar-refractivity contribution in [2.24, 2.45) is 16.5 Å². The van der Waals surface area contributed by atoms with E-state index in [9.17, 15) is 0 Å². The van der Waals surface area contributed by atoms with Crippen molar-refractivity contribution in [2.45, 2.75) is 12.0 Å². The first-order valence-corrected chi connectivity index (χ1v) is 21.1. The average molecular weight is 800 g/mol. The molecule has 0 radical (unpaired) electrons. The summed E-state index contributed by atoms with van der Waals surface area (Å²) >= 11 is 0. The highest BCUT2D eigenvalue weighted by atomic mass is 16.5. The Balaban J connectivity index is 0.967. The first-order valence-electron chi connectivity index (χ1n) is 21.1. The molecule has 0 aromatic heterocycles. The minimum absolute atomic E-state index is 0.458. The molecule has 8 aromatic rings. The molecule has 4 nitrogen and oxygen atoms in total. The van der Waals surface area contributed by atoms with Crippen LogP contribution in [0.5, 0.6) is 11.5 Å². The Morgan fingerprint density at radius 1 is 0.516 bits per heavy atom. The predicted molar refractivity (Wildman–Crippen MR) is 257 cm³/mol. The van der Waals surface area contributed by atoms with Crippen LogP contribution in [0.4, 0.5) is 0 Å². The molecular formula is C58H45N3O. The smallest absolute Gasteiger partial charge is 0.132 e. The molecule has 0 unspecified atom stereocenters. The molecule has 1 aliphatic heterocycles. The number of rotatable bonds is 10. The molecule has 10 rings (SSSR count). The van der Waals surface area contributed by atoms with Crippen LogP contribution < -0.4 is 16.2 Å². The van der Waals surface area contributed by atoms with Gasteiger partial charge in [0.25, 0.3) is 0 Å². The van der Waals surface area contributed by atoms with Crippen LogP contribution in [-0.2, 0) is 12.0 Å². The monoisotopic (exact) mass is 799 g/mol. The lowest BCUT2D eigenvalue weighted by Gasteiger charge is -2.40. The van der Waals surface area contributed by atoms with E-state index in [0.717, 1.165) is 72.8 Å². The van der Waals surface area contributed by atoms with Crippen molar-refractivity contribution in [3.8, 4) is 44.9 Å². The zero-order chi connectivity index (χ0) is 41.9. The molecule has 8 aromatic carbocycles. The van der Waals surface area contributed by atoms with Crippen LogP contribution in [0.25, 0.3) is 45.2 Å². The van der Waals surface area contributed by atoms with Gasteiger partial charge in [-0.2, -0.15) is 0 Å². The van der Waals surface area contributed by atoms with E-state index in [4.69, 9.17) is 21.2 Å². The molecule has 0 saturated heterocycles. The summed E-state index contributed by atoms with van der Waals surface area (Å²) in [4.78, 5) is 5.07. The maximum absolute atomic E-state index is 6.87. The van der Waals surface area contributed by atoms with Crippen LogP contribution in [0.1, 0.15) is 38.9 Å². The Bertz CT molecular complexity index is 2990. The third kappa shape index (κ3) is 7.17. The highest BCUT2D eigenvalue weighted by Gasteiger charge is 2.49. The lowest BCUT2D eigenvalue weighted by Crippen LogP contribution is -2.32. The molecule has 1 heterocycles. The van der Waals surface area contributed by atoms with E-state index in [-0.39, 0.29) is 0 Å². The zero-order valence-corrected chi connectivity index (χ0v) is 34.3. The summed E-state index contributed by atoms with van der Waals surface area (Å²) in [5.41, 5.74) is 29.6. The Labute approximate surface area is 363 Å². The first-order chi connectivity index (χ1) is 30.6. The maximum Gasteiger partial charge on any atom is 0.132 e. The van der Waals surface area contributed by atoms with Gasteiger partial charge >= 0.3 is 0 Å². The lowest BCUT2D eigenvalue weighted by atomic mass is 9.65. The van der Waals surface area contributed by atoms with Crippen molar-refractivity contribution < 1.29 is 4.74 Å². The number of nitrogens with two attached hydrogens (primary N) is 2. The largest absolute Gasteiger partial charge is 0.457 e. The Morgan fingerprint density at radius 2 is 1.05 bits per heavy atom. The van der Waals surface area contributed by atoms with Crippen molar-refractivity contribution in [1.82, 2.24) is 0 Å². The number of para-hydroxylation sites is 2. The van der Waals surface area contributed by atoms with Gasteiger partial charge in [0.1, 0.15) is 11.5 Å². The number of ether oxygens (including phenoxy) is 1. The van der Waals surface area contributed by atoms with Gasteiger partial charge < -0.3 is 16.2 Å². The molecular weight excluding hydrogens is 755 g/mol. The normalized spacial score (nSPS) is 13.9. The molecule has 2 aliphatic rings. The van der Waals surface area contributed by atoms with Crippen LogP contribution in [0.15, 0.2) is 229 Å². The highest BCUT2D eigenvalue weighted by Crippen LogP contribution is 2.59. The molecule has 0 bridgehead atoms. The van der Waals surface area contributed by atoms with Crippen molar-refractivity contribution in [2.75, 3.05) is 6.54 Å². The minimum atomic E-state index is -0.554. The Hall–Kier alpha value is -7.79. The number of hydrogen-bond donors (Lipinski definition) is 2. The van der Waals surface area contributed by atoms with Gasteiger partial charge in [0.15, 0.2) is 0 Å². The van der Waals surface area contributed by atoms with Crippen molar-refractivity contribution >= 4 is 17.5 Å². The van der Waals surface area contributed by atoms with Gasteiger partial charge in [0.2, 0.25) is 0 Å². The fourth-order valence-corrected chi connectivity index (χ4v) is 8.99. The number of benzene rings is 8. The standard InChI is InChI=1S/C58H45N3O/c59-34-12-19-50-36-49-33-32-48(37-53(49)58(50)51-20-7-9-22-56(51)62-57-23-10-8-21-52(57)58)47-18-11-17-46(35-47)43-24-28-44(29-25-43)54(60)38-55(61-39-40-13-3-1-4-14-40)45-30-26-42(27-31-45)41-15-5-2-6-16-41/h1-33,35-38H,34,39,59-60H2/b19-12-,54-38-,61-55+. The lowest BCUT2D eigenvalue weighted by molar-refractivity contribution is 0.436. The van der Waals surface area contributed by atoms with Gasteiger partial charge in [-0.15, -0.1) is 0 Å². The maximum atomic E-state index is 6.87. The third-order valence-corrected chi connectivity index (χ3v) is 12.0. The van der Waals surface area contributed by atoms with E-state index in [2.05, 4.69) is 176 Å². The van der Waals surface area contributed by atoms with Gasteiger partial charge in [-0.25, -0.2) is 0 Å². The molecule has 0 amide bonds. The second-order valence-electron chi connectivity index (χ2n) is 15.8. The van der Waals surface area contributed by atoms with E-state index in [1.807, 2.05) is 48.6 Å². The summed E-state index contributed by atoms with van der Waals surface area (Å²) in [5.74, 6) is 1.73. The molecule has 0 atom stereocenters. The van der Waals surface area contributed by atoms with Gasteiger partial charge in [0, 0.05) is 23.4 Å². The van der Waals surface area contributed by atoms with Crippen LogP contribution >= 0.6 is 0 Å². The zero-order valence-electron chi connectivity index (χ0n) is 34.3. The summed E-state index contributed by atoms with van der Waals surface area (Å²) < 4.78 is 6.53. The fourth-order valence-electron chi connectivity index (χ4n) is 8.99. The van der Waals surface area contributed by atoms with E-state index in [0.29, 0.717) is 18.8 Å². The molecule has 1 aliphatic carbocycles. The van der Waals surface area contributed by atoms with E-state index in [1.165, 1.54) is 22.3 Å². The number of aliphatic imine (C=N–C) groups is 1. The fraction of sp³-hybridized carbons (Fsp3) is 0.0517. The third-order valence-electron chi connectivity index (χ3n) is 12.0. The first kappa shape index (κ1) is 38.4. The van der Waals surface area contributed by atoms with Gasteiger partial charge in [-0.05, 0) is 103 Å². The quantitative estimate of drug-likeness (QED) is 0.135. The Kier molecular flexibility index (Phi) is 10.3. The summed E-state index contributed by atoms with van der Waals surface area (Å²) in [7, 11) is 0. The highest BCUT2D eigenvalue weighted by molar-refractivity contribution is 6.12. The second kappa shape index (κ2) is 16.7. The molecule has 4 N–H and O–H groups in total. The van der Waals surface area contributed by atoms with Crippen molar-refractivity contribution in [1.29, 1.82) is 0 Å². The molecule has 0 fully saturated rings. The summed E-state index contributed by atoms with van der Waals surface area (Å²) in [6.45, 7) is 1.01. The number of allylic oxidation sites excluding steroid dienone is 3. The predicted octanol–water partition coefficient (Wildman–Crippen LogP) is 13.0. The van der Waals surface area contributed by atoms with E-state index >= 15 is 0 Å². The van der Waals surface area contributed by atoms with Crippen LogP contribution in [0.3, 0.4) is 0 Å². The summed E-state index contributed by atoms with van der Waals surface area (Å²) in [5, 5.41) is 0. The van der Waals surface area contributed by atoms with Crippen molar-refractivity contribution in [3.05, 3.63) is 263 Å². The van der Waals surface area contributed by atoms with Crippen molar-refractivity contribution in [3.63, 3.8) is 0 Å². The molecule has 4 heteroatoms. The SMILES string of the molecule is NC/C=C\C1=Cc2ccc(-c3cccc(-c4ccc(/C(N)=C/C(=N\Cc5ccccc5)c5ccc(-c6ccccc6)cc5)cc4)c3)cc2C12c1ccccc1Oc1ccccc12. The molecule has 62 heavy (non-hydrogen) atoms. The number of nitrogens with zero attached hydrogens (tertiary/aromatic N) is 1. The van der Waals surface area contributed by atoms with Crippen LogP contribution in [0.2, 0.25) is 0 Å². The summed E-state index contributed by atoms with van der Waals surface area (Å²) in [6.07, 6.45) is 8.54. The number of fused-ring (bicyclic) bond motifs is 6. The Morgan fingerprint density at radius 3 is 1.73 bits per heavy atom. The minimum Gasteiger partial charge on any atom is -0.457 e. The average Bonchev–Trinajstić information content (AvgIpc) is 3.66. The topological polar surface area (TPSA) is 73.6 Å². The van der Waals surface area contributed by atoms with Gasteiger partial charge in [-0.3, -0.25) is 4.99 Å². The second-order valence-corrected chi connectivity index (χ2v) is 15.8. The van der Waals surface area contributed by atoms with Crippen LogP contribution in [-0.4, -0.2) is 12.3 Å². The van der Waals surface area contributed by atoms with Gasteiger partial charge in [-0.1, -0.05) is 188 Å². The number of hydrogen-bond acceptors (Lipinski definition) is 4.